The molecule has 0 spiro atoms. The zero-order valence-electron chi connectivity index (χ0n) is 18.8. The Hall–Kier alpha value is -3.78. The van der Waals surface area contributed by atoms with E-state index in [2.05, 4.69) is 44.2 Å². The summed E-state index contributed by atoms with van der Waals surface area (Å²) in [5, 5.41) is 18.4. The quantitative estimate of drug-likeness (QED) is 0.374. The number of anilines is 1. The molecule has 1 saturated heterocycles. The summed E-state index contributed by atoms with van der Waals surface area (Å²) in [5.74, 6) is 1.09. The Kier molecular flexibility index (Phi) is 6.22. The number of aromatic nitrogens is 5. The Morgan fingerprint density at radius 2 is 2.03 bits per heavy atom. The molecule has 0 bridgehead atoms. The summed E-state index contributed by atoms with van der Waals surface area (Å²) < 4.78 is 0. The van der Waals surface area contributed by atoms with Crippen molar-refractivity contribution >= 4 is 44.3 Å². The predicted molar refractivity (Wildman–Crippen MR) is 129 cm³/mol. The third kappa shape index (κ3) is 4.36. The zero-order chi connectivity index (χ0) is 23.5. The molecule has 1 fully saturated rings. The van der Waals surface area contributed by atoms with Gasteiger partial charge in [0.25, 0.3) is 0 Å². The molecule has 0 unspecified atom stereocenters. The molecule has 5 rings (SSSR count). The number of nitriles is 1. The van der Waals surface area contributed by atoms with Crippen LogP contribution in [0.3, 0.4) is 0 Å². The van der Waals surface area contributed by atoms with Gasteiger partial charge in [-0.2, -0.15) is 5.26 Å². The standard InChI is InChI=1S/C23H24N8O2S/c1-2-16-14-17-22(25-20(15-24)26-23(17)34-16)30-11-9-29(10-12-30)21(32)8-5-13-33-31-19-7-4-3-6-18(19)27-28-31/h3-4,6-7,14H,2,5,8-13H2,1H3. The minimum Gasteiger partial charge on any atom is -0.395 e. The molecule has 0 N–H and O–H groups in total. The summed E-state index contributed by atoms with van der Waals surface area (Å²) in [6.45, 7) is 5.06. The van der Waals surface area contributed by atoms with E-state index in [0.717, 1.165) is 33.5 Å². The first-order valence-electron chi connectivity index (χ1n) is 11.3. The SMILES string of the molecule is CCc1cc2c(N3CCN(C(=O)CCCOn4nnc5ccccc54)CC3)nc(C#N)nc2s1. The number of hydrogen-bond acceptors (Lipinski definition) is 9. The van der Waals surface area contributed by atoms with E-state index in [4.69, 9.17) is 4.84 Å². The van der Waals surface area contributed by atoms with Crippen molar-refractivity contribution in [3.05, 3.63) is 41.0 Å². The van der Waals surface area contributed by atoms with Gasteiger partial charge in [0, 0.05) is 37.5 Å². The Labute approximate surface area is 200 Å². The third-order valence-electron chi connectivity index (χ3n) is 5.87. The van der Waals surface area contributed by atoms with Crippen molar-refractivity contribution in [3.8, 4) is 6.07 Å². The minimum absolute atomic E-state index is 0.112. The third-order valence-corrected chi connectivity index (χ3v) is 7.05. The highest BCUT2D eigenvalue weighted by Gasteiger charge is 2.24. The number of hydrogen-bond donors (Lipinski definition) is 0. The van der Waals surface area contributed by atoms with Gasteiger partial charge in [0.15, 0.2) is 0 Å². The number of aryl methyl sites for hydroxylation is 1. The Morgan fingerprint density at radius 3 is 2.82 bits per heavy atom. The van der Waals surface area contributed by atoms with Gasteiger partial charge in [-0.15, -0.1) is 16.4 Å². The Bertz CT molecular complexity index is 1370. The highest BCUT2D eigenvalue weighted by atomic mass is 32.1. The molecule has 174 valence electrons. The molecule has 1 amide bonds. The second kappa shape index (κ2) is 9.61. The monoisotopic (exact) mass is 476 g/mol. The summed E-state index contributed by atoms with van der Waals surface area (Å²) in [7, 11) is 0. The molecule has 0 saturated carbocycles. The van der Waals surface area contributed by atoms with E-state index < -0.39 is 0 Å². The maximum Gasteiger partial charge on any atom is 0.235 e. The maximum absolute atomic E-state index is 12.7. The lowest BCUT2D eigenvalue weighted by molar-refractivity contribution is -0.131. The molecule has 11 heteroatoms. The molecule has 34 heavy (non-hydrogen) atoms. The zero-order valence-corrected chi connectivity index (χ0v) is 19.7. The topological polar surface area (TPSA) is 113 Å². The van der Waals surface area contributed by atoms with Crippen LogP contribution in [0.4, 0.5) is 5.82 Å². The second-order valence-corrected chi connectivity index (χ2v) is 9.14. The summed E-state index contributed by atoms with van der Waals surface area (Å²) in [6, 6.07) is 11.8. The first kappa shape index (κ1) is 22.0. The summed E-state index contributed by atoms with van der Waals surface area (Å²) in [4.78, 5) is 34.8. The highest BCUT2D eigenvalue weighted by molar-refractivity contribution is 7.18. The van der Waals surface area contributed by atoms with E-state index in [0.29, 0.717) is 45.6 Å². The van der Waals surface area contributed by atoms with Crippen molar-refractivity contribution in [2.45, 2.75) is 26.2 Å². The average Bonchev–Trinajstić information content (AvgIpc) is 3.50. The van der Waals surface area contributed by atoms with E-state index in [1.54, 1.807) is 11.3 Å². The van der Waals surface area contributed by atoms with E-state index in [1.807, 2.05) is 29.2 Å². The van der Waals surface area contributed by atoms with Crippen LogP contribution < -0.4 is 9.74 Å². The van der Waals surface area contributed by atoms with Gasteiger partial charge in [-0.05, 0) is 36.3 Å². The lowest BCUT2D eigenvalue weighted by atomic mass is 10.2. The van der Waals surface area contributed by atoms with Gasteiger partial charge in [-0.1, -0.05) is 23.9 Å². The number of piperazine rings is 1. The normalized spacial score (nSPS) is 14.0. The van der Waals surface area contributed by atoms with Crippen LogP contribution in [0.2, 0.25) is 0 Å². The molecular formula is C23H24N8O2S. The van der Waals surface area contributed by atoms with Crippen LogP contribution in [0.1, 0.15) is 30.5 Å². The maximum atomic E-state index is 12.7. The van der Waals surface area contributed by atoms with E-state index in [9.17, 15) is 10.1 Å². The first-order valence-corrected chi connectivity index (χ1v) is 12.1. The van der Waals surface area contributed by atoms with Crippen molar-refractivity contribution in [2.75, 3.05) is 37.7 Å². The summed E-state index contributed by atoms with van der Waals surface area (Å²) in [6.07, 6.45) is 1.93. The van der Waals surface area contributed by atoms with Crippen LogP contribution in [-0.2, 0) is 11.2 Å². The van der Waals surface area contributed by atoms with Crippen molar-refractivity contribution in [3.63, 3.8) is 0 Å². The number of para-hydroxylation sites is 1. The molecule has 1 aliphatic rings. The molecule has 1 aromatic carbocycles. The van der Waals surface area contributed by atoms with Crippen LogP contribution in [0, 0.1) is 11.3 Å². The number of benzene rings is 1. The van der Waals surface area contributed by atoms with Gasteiger partial charge in [-0.3, -0.25) is 4.79 Å². The first-order chi connectivity index (χ1) is 16.7. The second-order valence-electron chi connectivity index (χ2n) is 8.02. The van der Waals surface area contributed by atoms with Gasteiger partial charge in [0.2, 0.25) is 11.7 Å². The van der Waals surface area contributed by atoms with Gasteiger partial charge in [-0.25, -0.2) is 9.97 Å². The number of rotatable bonds is 7. The smallest absolute Gasteiger partial charge is 0.235 e. The number of thiophene rings is 1. The summed E-state index contributed by atoms with van der Waals surface area (Å²) in [5.41, 5.74) is 1.58. The fourth-order valence-corrected chi connectivity index (χ4v) is 5.03. The molecule has 0 radical (unpaired) electrons. The van der Waals surface area contributed by atoms with Gasteiger partial charge < -0.3 is 14.6 Å². The van der Waals surface area contributed by atoms with Crippen LogP contribution in [0.5, 0.6) is 0 Å². The van der Waals surface area contributed by atoms with Crippen molar-refractivity contribution in [1.29, 1.82) is 5.26 Å². The largest absolute Gasteiger partial charge is 0.395 e. The molecule has 1 aliphatic heterocycles. The van der Waals surface area contributed by atoms with Crippen molar-refractivity contribution in [2.24, 2.45) is 0 Å². The van der Waals surface area contributed by atoms with Crippen molar-refractivity contribution < 1.29 is 9.63 Å². The lowest BCUT2D eigenvalue weighted by Gasteiger charge is -2.35. The Morgan fingerprint density at radius 1 is 1.21 bits per heavy atom. The average molecular weight is 477 g/mol. The molecule has 0 aliphatic carbocycles. The molecule has 4 heterocycles. The van der Waals surface area contributed by atoms with E-state index in [-0.39, 0.29) is 11.7 Å². The molecule has 10 nitrogen and oxygen atoms in total. The fourth-order valence-electron chi connectivity index (χ4n) is 4.06. The van der Waals surface area contributed by atoms with Gasteiger partial charge in [0.1, 0.15) is 34.4 Å². The highest BCUT2D eigenvalue weighted by Crippen LogP contribution is 2.31. The van der Waals surface area contributed by atoms with Crippen LogP contribution in [0.15, 0.2) is 30.3 Å². The van der Waals surface area contributed by atoms with Crippen LogP contribution >= 0.6 is 11.3 Å². The van der Waals surface area contributed by atoms with Crippen LogP contribution in [-0.4, -0.2) is 68.7 Å². The van der Waals surface area contributed by atoms with Gasteiger partial charge in [0.05, 0.1) is 5.39 Å². The molecule has 3 aromatic heterocycles. The fraction of sp³-hybridized carbons (Fsp3) is 0.391. The van der Waals surface area contributed by atoms with E-state index >= 15 is 0 Å². The van der Waals surface area contributed by atoms with Crippen molar-refractivity contribution in [1.82, 2.24) is 30.0 Å². The van der Waals surface area contributed by atoms with Crippen LogP contribution in [0.25, 0.3) is 21.3 Å². The number of carbonyl (C=O) groups excluding carboxylic acids is 1. The Balaban J connectivity index is 1.15. The number of nitrogens with zero attached hydrogens (tertiary/aromatic N) is 8. The molecule has 0 atom stereocenters. The number of amides is 1. The predicted octanol–water partition coefficient (Wildman–Crippen LogP) is 2.43. The molecular weight excluding hydrogens is 452 g/mol. The van der Waals surface area contributed by atoms with E-state index in [1.165, 1.54) is 9.72 Å². The minimum atomic E-state index is 0.112. The number of carbonyl (C=O) groups is 1. The lowest BCUT2D eigenvalue weighted by Crippen LogP contribution is -2.49. The number of fused-ring (bicyclic) bond motifs is 2. The van der Waals surface area contributed by atoms with Gasteiger partial charge >= 0.3 is 0 Å². The molecule has 4 aromatic rings. The summed E-state index contributed by atoms with van der Waals surface area (Å²) >= 11 is 1.61.